The topological polar surface area (TPSA) is 62.6 Å². The summed E-state index contributed by atoms with van der Waals surface area (Å²) in [6.45, 7) is 3.91. The Morgan fingerprint density at radius 2 is 2.12 bits per heavy atom. The van der Waals surface area contributed by atoms with Crippen molar-refractivity contribution < 1.29 is 14.8 Å². The van der Waals surface area contributed by atoms with Gasteiger partial charge in [-0.3, -0.25) is 0 Å². The second kappa shape index (κ2) is 4.41. The van der Waals surface area contributed by atoms with Crippen LogP contribution < -0.4 is 9.64 Å². The van der Waals surface area contributed by atoms with Crippen LogP contribution in [0.3, 0.4) is 0 Å². The molecule has 1 aromatic heterocycles. The molecule has 0 amide bonds. The van der Waals surface area contributed by atoms with E-state index in [1.54, 1.807) is 6.07 Å². The van der Waals surface area contributed by atoms with Crippen LogP contribution in [0.15, 0.2) is 18.2 Å². The number of hydrogen-bond donors (Lipinski definition) is 2. The Bertz CT molecular complexity index is 498. The highest BCUT2D eigenvalue weighted by Gasteiger charge is 2.16. The lowest BCUT2D eigenvalue weighted by molar-refractivity contribution is 0.242. The molecule has 0 atom stereocenters. The van der Waals surface area contributed by atoms with Crippen LogP contribution >= 0.6 is 11.3 Å². The molecule has 0 saturated carbocycles. The van der Waals surface area contributed by atoms with Gasteiger partial charge in [0.15, 0.2) is 0 Å². The van der Waals surface area contributed by atoms with E-state index in [2.05, 4.69) is 4.98 Å². The molecule has 0 saturated heterocycles. The molecule has 1 heterocycles. The first-order chi connectivity index (χ1) is 7.56. The van der Waals surface area contributed by atoms with Gasteiger partial charge in [0.05, 0.1) is 16.3 Å². The van der Waals surface area contributed by atoms with E-state index in [0.717, 1.165) is 16.0 Å². The molecule has 2 N–H and O–H groups in total. The zero-order valence-electron chi connectivity index (χ0n) is 9.04. The van der Waals surface area contributed by atoms with Gasteiger partial charge in [-0.15, -0.1) is 11.3 Å². The van der Waals surface area contributed by atoms with Crippen LogP contribution in [0.1, 0.15) is 13.8 Å². The van der Waals surface area contributed by atoms with Gasteiger partial charge in [0.25, 0.3) is 0 Å². The summed E-state index contributed by atoms with van der Waals surface area (Å²) in [5, 5.41) is 18.0. The number of rotatable bonds is 3. The Kier molecular flexibility index (Phi) is 3.14. The van der Waals surface area contributed by atoms with Crippen molar-refractivity contribution in [3.63, 3.8) is 0 Å². The zero-order chi connectivity index (χ0) is 11.7. The molecule has 0 fully saturated rings. The third kappa shape index (κ3) is 2.34. The summed E-state index contributed by atoms with van der Waals surface area (Å²) in [6, 6.07) is 5.53. The van der Waals surface area contributed by atoms with Gasteiger partial charge in [-0.1, -0.05) is 0 Å². The van der Waals surface area contributed by atoms with Gasteiger partial charge in [-0.05, 0) is 26.0 Å². The number of ether oxygens (including phenoxy) is 1. The average molecular weight is 237 g/mol. The molecule has 2 rings (SSSR count). The fourth-order valence-electron chi connectivity index (χ4n) is 1.38. The van der Waals surface area contributed by atoms with E-state index in [9.17, 15) is 0 Å². The number of fused-ring (bicyclic) bond motifs is 1. The minimum absolute atomic E-state index is 0.110. The average Bonchev–Trinajstić information content (AvgIpc) is 2.59. The predicted octanol–water partition coefficient (Wildman–Crippen LogP) is 0.763. The summed E-state index contributed by atoms with van der Waals surface area (Å²) in [4.78, 5) is 4.42. The summed E-state index contributed by atoms with van der Waals surface area (Å²) in [5.74, 6) is 0.742. The van der Waals surface area contributed by atoms with Gasteiger partial charge in [0, 0.05) is 6.07 Å². The van der Waals surface area contributed by atoms with Crippen molar-refractivity contribution in [1.82, 2.24) is 4.98 Å². The highest BCUT2D eigenvalue weighted by molar-refractivity contribution is 7.27. The smallest absolute Gasteiger partial charge is 0.491 e. The van der Waals surface area contributed by atoms with Crippen molar-refractivity contribution in [3.8, 4) is 5.75 Å². The molecule has 0 spiro atoms. The van der Waals surface area contributed by atoms with E-state index in [4.69, 9.17) is 14.8 Å². The zero-order valence-corrected chi connectivity index (χ0v) is 9.86. The maximum Gasteiger partial charge on any atom is 0.519 e. The molecule has 84 valence electrons. The van der Waals surface area contributed by atoms with Gasteiger partial charge in [0.1, 0.15) is 10.7 Å². The number of benzene rings is 1. The number of nitrogens with zero attached hydrogens (tertiary/aromatic N) is 1. The summed E-state index contributed by atoms with van der Waals surface area (Å²) in [5.41, 5.74) is 0.728. The molecule has 0 radical (unpaired) electrons. The van der Waals surface area contributed by atoms with Crippen LogP contribution in [0, 0.1) is 0 Å². The molecule has 6 heteroatoms. The van der Waals surface area contributed by atoms with Crippen LogP contribution in [-0.4, -0.2) is 28.3 Å². The normalized spacial score (nSPS) is 11.1. The van der Waals surface area contributed by atoms with E-state index in [1.807, 2.05) is 26.0 Å². The van der Waals surface area contributed by atoms with Crippen molar-refractivity contribution in [3.05, 3.63) is 18.2 Å². The quantitative estimate of drug-likeness (QED) is 0.773. The van der Waals surface area contributed by atoms with Crippen LogP contribution in [0.4, 0.5) is 0 Å². The fraction of sp³-hybridized carbons (Fsp3) is 0.300. The summed E-state index contributed by atoms with van der Waals surface area (Å²) in [7, 11) is -1.51. The third-order valence-electron chi connectivity index (χ3n) is 1.97. The largest absolute Gasteiger partial charge is 0.519 e. The Hall–Kier alpha value is -1.11. The second-order valence-electron chi connectivity index (χ2n) is 3.72. The van der Waals surface area contributed by atoms with Crippen LogP contribution in [0.25, 0.3) is 10.2 Å². The van der Waals surface area contributed by atoms with E-state index in [0.29, 0.717) is 4.91 Å². The molecule has 0 aliphatic rings. The summed E-state index contributed by atoms with van der Waals surface area (Å²) < 4.78 is 6.45. The minimum atomic E-state index is -1.51. The molecule has 0 aliphatic carbocycles. The first kappa shape index (κ1) is 11.4. The van der Waals surface area contributed by atoms with E-state index in [1.165, 1.54) is 11.3 Å². The molecule has 0 unspecified atom stereocenters. The lowest BCUT2D eigenvalue weighted by Gasteiger charge is -2.08. The van der Waals surface area contributed by atoms with Crippen LogP contribution in [0.2, 0.25) is 0 Å². The Labute approximate surface area is 97.7 Å². The minimum Gasteiger partial charge on any atom is -0.491 e. The predicted molar refractivity (Wildman–Crippen MR) is 65.2 cm³/mol. The lowest BCUT2D eigenvalue weighted by atomic mass is 9.94. The van der Waals surface area contributed by atoms with Crippen LogP contribution in [-0.2, 0) is 0 Å². The van der Waals surface area contributed by atoms with Crippen molar-refractivity contribution >= 4 is 33.6 Å². The maximum absolute atomic E-state index is 9.01. The highest BCUT2D eigenvalue weighted by Crippen LogP contribution is 2.22. The standard InChI is InChI=1S/C10H12BNO3S/c1-6(2)15-7-3-4-9-8(5-7)12-10(16-9)11(13)14/h3-6,13-14H,1-2H3. The third-order valence-corrected chi connectivity index (χ3v) is 3.04. The van der Waals surface area contributed by atoms with Gasteiger partial charge in [0.2, 0.25) is 0 Å². The highest BCUT2D eigenvalue weighted by atomic mass is 32.1. The van der Waals surface area contributed by atoms with E-state index in [-0.39, 0.29) is 6.10 Å². The number of aromatic nitrogens is 1. The van der Waals surface area contributed by atoms with Crippen molar-refractivity contribution in [2.45, 2.75) is 20.0 Å². The summed E-state index contributed by atoms with van der Waals surface area (Å²) >= 11 is 1.27. The van der Waals surface area contributed by atoms with Crippen molar-refractivity contribution in [2.24, 2.45) is 0 Å². The summed E-state index contributed by atoms with van der Waals surface area (Å²) in [6.07, 6.45) is 0.110. The van der Waals surface area contributed by atoms with Crippen molar-refractivity contribution in [1.29, 1.82) is 0 Å². The van der Waals surface area contributed by atoms with Gasteiger partial charge in [-0.25, -0.2) is 4.98 Å². The number of thiazole rings is 1. The monoisotopic (exact) mass is 237 g/mol. The molecule has 16 heavy (non-hydrogen) atoms. The number of hydrogen-bond acceptors (Lipinski definition) is 5. The first-order valence-corrected chi connectivity index (χ1v) is 5.81. The Morgan fingerprint density at radius 3 is 2.75 bits per heavy atom. The van der Waals surface area contributed by atoms with Gasteiger partial charge >= 0.3 is 7.12 Å². The Morgan fingerprint density at radius 1 is 1.38 bits per heavy atom. The molecular formula is C10H12BNO3S. The van der Waals surface area contributed by atoms with Gasteiger partial charge in [-0.2, -0.15) is 0 Å². The second-order valence-corrected chi connectivity index (χ2v) is 4.78. The molecule has 4 nitrogen and oxygen atoms in total. The molecular weight excluding hydrogens is 225 g/mol. The van der Waals surface area contributed by atoms with Crippen LogP contribution in [0.5, 0.6) is 5.75 Å². The maximum atomic E-state index is 9.01. The van der Waals surface area contributed by atoms with E-state index >= 15 is 0 Å². The van der Waals surface area contributed by atoms with Crippen molar-refractivity contribution in [2.75, 3.05) is 0 Å². The Balaban J connectivity index is 2.38. The van der Waals surface area contributed by atoms with Gasteiger partial charge < -0.3 is 14.8 Å². The molecule has 0 bridgehead atoms. The molecule has 0 aliphatic heterocycles. The van der Waals surface area contributed by atoms with E-state index < -0.39 is 7.12 Å². The fourth-order valence-corrected chi connectivity index (χ4v) is 2.20. The molecule has 2 aromatic rings. The first-order valence-electron chi connectivity index (χ1n) is 4.99. The molecule has 1 aromatic carbocycles. The lowest BCUT2D eigenvalue weighted by Crippen LogP contribution is -2.28. The SMILES string of the molecule is CC(C)Oc1ccc2sc(B(O)O)nc2c1.